The number of H-pyrrole nitrogens is 1. The smallest absolute Gasteiger partial charge is 0.262 e. The maximum atomic E-state index is 12.2. The van der Waals surface area contributed by atoms with E-state index in [0.717, 1.165) is 38.4 Å². The molecule has 1 aromatic heterocycles. The van der Waals surface area contributed by atoms with Crippen molar-refractivity contribution in [1.82, 2.24) is 15.2 Å². The first-order valence-corrected chi connectivity index (χ1v) is 8.97. The molecule has 0 spiro atoms. The first-order valence-electron chi connectivity index (χ1n) is 8.59. The van der Waals surface area contributed by atoms with Crippen LogP contribution in [0.25, 0.3) is 0 Å². The van der Waals surface area contributed by atoms with E-state index in [1.807, 2.05) is 0 Å². The Hall–Kier alpha value is -1.53. The fourth-order valence-corrected chi connectivity index (χ4v) is 3.12. The summed E-state index contributed by atoms with van der Waals surface area (Å²) >= 11 is 5.87. The second-order valence-corrected chi connectivity index (χ2v) is 7.15. The molecule has 2 heterocycles. The van der Waals surface area contributed by atoms with Crippen LogP contribution >= 0.6 is 11.6 Å². The topological polar surface area (TPSA) is 91.2 Å². The summed E-state index contributed by atoms with van der Waals surface area (Å²) in [6, 6.07) is 1.32. The van der Waals surface area contributed by atoms with Crippen molar-refractivity contribution in [2.45, 2.75) is 33.1 Å². The summed E-state index contributed by atoms with van der Waals surface area (Å²) in [5, 5.41) is 3.02. The molecular weight excluding hydrogens is 328 g/mol. The van der Waals surface area contributed by atoms with E-state index in [1.54, 1.807) is 0 Å². The van der Waals surface area contributed by atoms with E-state index >= 15 is 0 Å². The van der Waals surface area contributed by atoms with Crippen molar-refractivity contribution in [3.8, 4) is 0 Å². The predicted molar refractivity (Wildman–Crippen MR) is 97.4 cm³/mol. The van der Waals surface area contributed by atoms with Crippen LogP contribution in [-0.4, -0.2) is 42.0 Å². The van der Waals surface area contributed by atoms with Crippen molar-refractivity contribution in [2.75, 3.05) is 31.9 Å². The molecule has 1 unspecified atom stereocenters. The molecular formula is C17H27ClN4O2. The maximum Gasteiger partial charge on any atom is 0.262 e. The summed E-state index contributed by atoms with van der Waals surface area (Å²) in [5.41, 5.74) is 5.00. The molecule has 1 saturated heterocycles. The summed E-state index contributed by atoms with van der Waals surface area (Å²) in [5.74, 6) is 0.848. The molecule has 134 valence electrons. The Bertz CT molecular complexity index is 624. The van der Waals surface area contributed by atoms with Gasteiger partial charge in [-0.1, -0.05) is 31.9 Å². The van der Waals surface area contributed by atoms with E-state index in [1.165, 1.54) is 12.5 Å². The summed E-state index contributed by atoms with van der Waals surface area (Å²) in [4.78, 5) is 28.9. The van der Waals surface area contributed by atoms with Crippen molar-refractivity contribution in [3.05, 3.63) is 27.0 Å². The normalized spacial score (nSPS) is 17.6. The number of pyridine rings is 1. The molecule has 1 aliphatic heterocycles. The molecule has 1 atom stereocenters. The SMILES string of the molecule is CCC(C)CN1CCC(CNC(=O)c2cc(Cl)c(N)[nH]c2=O)CC1. The number of carbonyl (C=O) groups is 1. The van der Waals surface area contributed by atoms with Crippen molar-refractivity contribution in [3.63, 3.8) is 0 Å². The van der Waals surface area contributed by atoms with Gasteiger partial charge in [0, 0.05) is 13.1 Å². The minimum atomic E-state index is -0.516. The van der Waals surface area contributed by atoms with Crippen LogP contribution < -0.4 is 16.6 Å². The van der Waals surface area contributed by atoms with Gasteiger partial charge in [-0.25, -0.2) is 0 Å². The van der Waals surface area contributed by atoms with Crippen LogP contribution in [0.3, 0.4) is 0 Å². The lowest BCUT2D eigenvalue weighted by Gasteiger charge is -2.33. The average Bonchev–Trinajstić information content (AvgIpc) is 2.57. The van der Waals surface area contributed by atoms with Crippen LogP contribution in [0.4, 0.5) is 5.82 Å². The molecule has 0 saturated carbocycles. The number of nitrogens with two attached hydrogens (primary N) is 1. The standard InChI is InChI=1S/C17H27ClN4O2/c1-3-11(2)10-22-6-4-12(5-7-22)9-20-16(23)13-8-14(18)15(19)21-17(13)24/h8,11-12H,3-7,9-10H2,1-2H3,(H,20,23)(H3,19,21,24). The van der Waals surface area contributed by atoms with Crippen LogP contribution in [0.5, 0.6) is 0 Å². The van der Waals surface area contributed by atoms with Gasteiger partial charge < -0.3 is 20.9 Å². The number of hydrogen-bond acceptors (Lipinski definition) is 4. The summed E-state index contributed by atoms with van der Waals surface area (Å²) in [6.45, 7) is 8.37. The molecule has 0 aliphatic carbocycles. The minimum Gasteiger partial charge on any atom is -0.384 e. The number of carbonyl (C=O) groups excluding carboxylic acids is 1. The highest BCUT2D eigenvalue weighted by atomic mass is 35.5. The number of halogens is 1. The van der Waals surface area contributed by atoms with Gasteiger partial charge in [0.05, 0.1) is 5.02 Å². The number of anilines is 1. The van der Waals surface area contributed by atoms with Gasteiger partial charge in [0.15, 0.2) is 0 Å². The van der Waals surface area contributed by atoms with Crippen molar-refractivity contribution in [2.24, 2.45) is 11.8 Å². The highest BCUT2D eigenvalue weighted by molar-refractivity contribution is 6.33. The monoisotopic (exact) mass is 354 g/mol. The van der Waals surface area contributed by atoms with Gasteiger partial charge in [-0.15, -0.1) is 0 Å². The summed E-state index contributed by atoms with van der Waals surface area (Å²) in [7, 11) is 0. The first-order chi connectivity index (χ1) is 11.4. The van der Waals surface area contributed by atoms with E-state index in [4.69, 9.17) is 17.3 Å². The molecule has 4 N–H and O–H groups in total. The highest BCUT2D eigenvalue weighted by Crippen LogP contribution is 2.18. The van der Waals surface area contributed by atoms with Gasteiger partial charge in [-0.05, 0) is 43.8 Å². The Morgan fingerprint density at radius 2 is 2.17 bits per heavy atom. The Kier molecular flexibility index (Phi) is 6.69. The number of likely N-dealkylation sites (tertiary alicyclic amines) is 1. The Balaban J connectivity index is 1.81. The zero-order valence-corrected chi connectivity index (χ0v) is 15.2. The van der Waals surface area contributed by atoms with Crippen LogP contribution in [0.1, 0.15) is 43.5 Å². The van der Waals surface area contributed by atoms with Crippen LogP contribution in [0.2, 0.25) is 5.02 Å². The van der Waals surface area contributed by atoms with Crippen LogP contribution in [0.15, 0.2) is 10.9 Å². The average molecular weight is 355 g/mol. The zero-order valence-electron chi connectivity index (χ0n) is 14.4. The fraction of sp³-hybridized carbons (Fsp3) is 0.647. The maximum absolute atomic E-state index is 12.2. The molecule has 1 aliphatic rings. The number of rotatable bonds is 6. The third-order valence-electron chi connectivity index (χ3n) is 4.79. The highest BCUT2D eigenvalue weighted by Gasteiger charge is 2.21. The van der Waals surface area contributed by atoms with Gasteiger partial charge in [0.25, 0.3) is 11.5 Å². The fourth-order valence-electron chi connectivity index (χ4n) is 2.96. The third-order valence-corrected chi connectivity index (χ3v) is 5.10. The quantitative estimate of drug-likeness (QED) is 0.729. The number of nitrogens with zero attached hydrogens (tertiary/aromatic N) is 1. The predicted octanol–water partition coefficient (Wildman–Crippen LogP) is 2.10. The summed E-state index contributed by atoms with van der Waals surface area (Å²) in [6.07, 6.45) is 3.33. The van der Waals surface area contributed by atoms with Crippen molar-refractivity contribution < 1.29 is 4.79 Å². The van der Waals surface area contributed by atoms with Gasteiger partial charge in [0.1, 0.15) is 11.4 Å². The molecule has 0 radical (unpaired) electrons. The molecule has 7 heteroatoms. The van der Waals surface area contributed by atoms with E-state index in [-0.39, 0.29) is 16.4 Å². The second-order valence-electron chi connectivity index (χ2n) is 6.74. The van der Waals surface area contributed by atoms with Gasteiger partial charge in [-0.3, -0.25) is 9.59 Å². The van der Waals surface area contributed by atoms with E-state index in [2.05, 4.69) is 29.0 Å². The molecule has 24 heavy (non-hydrogen) atoms. The Labute approximate surface area is 147 Å². The first kappa shape index (κ1) is 18.8. The number of aromatic amines is 1. The molecule has 0 aromatic carbocycles. The number of aromatic nitrogens is 1. The molecule has 1 aromatic rings. The van der Waals surface area contributed by atoms with Gasteiger partial charge in [0.2, 0.25) is 0 Å². The minimum absolute atomic E-state index is 0.00315. The number of piperidine rings is 1. The van der Waals surface area contributed by atoms with Crippen molar-refractivity contribution in [1.29, 1.82) is 0 Å². The van der Waals surface area contributed by atoms with Gasteiger partial charge >= 0.3 is 0 Å². The van der Waals surface area contributed by atoms with E-state index in [0.29, 0.717) is 12.5 Å². The van der Waals surface area contributed by atoms with E-state index < -0.39 is 11.5 Å². The number of nitrogen functional groups attached to an aromatic ring is 1. The molecule has 2 rings (SSSR count). The molecule has 1 fully saturated rings. The lowest BCUT2D eigenvalue weighted by atomic mass is 9.95. The molecule has 1 amide bonds. The largest absolute Gasteiger partial charge is 0.384 e. The van der Waals surface area contributed by atoms with Crippen LogP contribution in [-0.2, 0) is 0 Å². The summed E-state index contributed by atoms with van der Waals surface area (Å²) < 4.78 is 0. The Morgan fingerprint density at radius 1 is 1.50 bits per heavy atom. The Morgan fingerprint density at radius 3 is 2.79 bits per heavy atom. The third kappa shape index (κ3) is 4.98. The van der Waals surface area contributed by atoms with Crippen LogP contribution in [0, 0.1) is 11.8 Å². The molecule has 0 bridgehead atoms. The number of amides is 1. The second kappa shape index (κ2) is 8.53. The van der Waals surface area contributed by atoms with E-state index in [9.17, 15) is 9.59 Å². The zero-order chi connectivity index (χ0) is 17.7. The number of hydrogen-bond donors (Lipinski definition) is 3. The lowest BCUT2D eigenvalue weighted by molar-refractivity contribution is 0.0932. The van der Waals surface area contributed by atoms with Crippen molar-refractivity contribution >= 4 is 23.3 Å². The number of nitrogens with one attached hydrogen (secondary N) is 2. The molecule has 6 nitrogen and oxygen atoms in total. The lowest BCUT2D eigenvalue weighted by Crippen LogP contribution is -2.40. The van der Waals surface area contributed by atoms with Gasteiger partial charge in [-0.2, -0.15) is 0 Å².